The molecule has 0 bridgehead atoms. The van der Waals surface area contributed by atoms with Crippen LogP contribution in [-0.2, 0) is 9.84 Å². The summed E-state index contributed by atoms with van der Waals surface area (Å²) in [6, 6.07) is 8.01. The first-order valence-electron chi connectivity index (χ1n) is 10.1. The molecule has 0 aromatic heterocycles. The zero-order valence-corrected chi connectivity index (χ0v) is 18.7. The molecule has 1 aliphatic rings. The van der Waals surface area contributed by atoms with Crippen molar-refractivity contribution in [2.75, 3.05) is 44.2 Å². The predicted molar refractivity (Wildman–Crippen MR) is 118 cm³/mol. The number of likely N-dealkylation sites (N-methyl/N-ethyl adjacent to an activating group) is 1. The van der Waals surface area contributed by atoms with E-state index in [4.69, 9.17) is 16.6 Å². The lowest BCUT2D eigenvalue weighted by molar-refractivity contribution is 0.224. The van der Waals surface area contributed by atoms with Crippen LogP contribution in [-0.4, -0.2) is 63.5 Å². The molecule has 6 nitrogen and oxygen atoms in total. The summed E-state index contributed by atoms with van der Waals surface area (Å²) in [5.41, 5.74) is 1.08. The second kappa shape index (κ2) is 11.0. The maximum absolute atomic E-state index is 11.7. The third-order valence-electron chi connectivity index (χ3n) is 5.17. The van der Waals surface area contributed by atoms with Gasteiger partial charge in [-0.15, -0.1) is 0 Å². The molecule has 1 saturated heterocycles. The highest BCUT2D eigenvalue weighted by Crippen LogP contribution is 2.27. The number of hydrogen-bond donors (Lipinski definition) is 2. The van der Waals surface area contributed by atoms with E-state index in [-0.39, 0.29) is 17.7 Å². The Balaban J connectivity index is 2.10. The topological polar surface area (TPSA) is 73.8 Å². The highest BCUT2D eigenvalue weighted by Gasteiger charge is 2.27. The van der Waals surface area contributed by atoms with Crippen molar-refractivity contribution in [3.8, 4) is 0 Å². The zero-order valence-electron chi connectivity index (χ0n) is 17.1. The molecule has 28 heavy (non-hydrogen) atoms. The fraction of sp³-hybridized carbons (Fsp3) is 0.650. The third-order valence-corrected chi connectivity index (χ3v) is 7.35. The van der Waals surface area contributed by atoms with Gasteiger partial charge in [-0.1, -0.05) is 43.6 Å². The number of nitrogens with zero attached hydrogens (tertiary/aromatic N) is 2. The molecule has 2 unspecified atom stereocenters. The van der Waals surface area contributed by atoms with E-state index in [0.29, 0.717) is 18.8 Å². The smallest absolute Gasteiger partial charge is 0.191 e. The van der Waals surface area contributed by atoms with E-state index in [9.17, 15) is 8.42 Å². The summed E-state index contributed by atoms with van der Waals surface area (Å²) in [5.74, 6) is 1.43. The van der Waals surface area contributed by atoms with E-state index in [2.05, 4.69) is 35.4 Å². The van der Waals surface area contributed by atoms with Crippen LogP contribution in [0.5, 0.6) is 0 Å². The van der Waals surface area contributed by atoms with Crippen LogP contribution in [0.15, 0.2) is 29.3 Å². The molecule has 0 aliphatic carbocycles. The molecule has 158 valence electrons. The lowest BCUT2D eigenvalue weighted by atomic mass is 10.1. The fourth-order valence-electron chi connectivity index (χ4n) is 3.61. The van der Waals surface area contributed by atoms with Gasteiger partial charge in [0.05, 0.1) is 24.1 Å². The van der Waals surface area contributed by atoms with Crippen LogP contribution < -0.4 is 10.6 Å². The minimum Gasteiger partial charge on any atom is -0.357 e. The van der Waals surface area contributed by atoms with Crippen LogP contribution in [0, 0.1) is 5.92 Å². The molecule has 1 aromatic carbocycles. The van der Waals surface area contributed by atoms with Gasteiger partial charge in [-0.2, -0.15) is 0 Å². The lowest BCUT2D eigenvalue weighted by Gasteiger charge is -2.29. The van der Waals surface area contributed by atoms with Crippen LogP contribution in [0.4, 0.5) is 0 Å². The van der Waals surface area contributed by atoms with Crippen LogP contribution in [0.2, 0.25) is 5.02 Å². The Kier molecular flexibility index (Phi) is 9.05. The highest BCUT2D eigenvalue weighted by molar-refractivity contribution is 7.91. The summed E-state index contributed by atoms with van der Waals surface area (Å²) in [6.45, 7) is 10.1. The molecule has 0 amide bonds. The van der Waals surface area contributed by atoms with Gasteiger partial charge in [-0.3, -0.25) is 9.89 Å². The minimum atomic E-state index is -2.86. The van der Waals surface area contributed by atoms with Gasteiger partial charge in [0, 0.05) is 18.1 Å². The fourth-order valence-corrected chi connectivity index (χ4v) is 5.74. The number of benzene rings is 1. The molecule has 1 fully saturated rings. The predicted octanol–water partition coefficient (Wildman–Crippen LogP) is 2.71. The van der Waals surface area contributed by atoms with Crippen molar-refractivity contribution in [1.82, 2.24) is 15.5 Å². The van der Waals surface area contributed by atoms with Gasteiger partial charge in [0.15, 0.2) is 15.8 Å². The van der Waals surface area contributed by atoms with Gasteiger partial charge in [-0.25, -0.2) is 8.42 Å². The third kappa shape index (κ3) is 6.64. The normalized spacial score (nSPS) is 20.3. The molecule has 2 atom stereocenters. The van der Waals surface area contributed by atoms with Gasteiger partial charge in [0.25, 0.3) is 0 Å². The molecule has 2 rings (SSSR count). The SMILES string of the molecule is CCNC(=NCC(c1ccccc1Cl)N(CC)CC)NCC1CCS(=O)(=O)C1. The van der Waals surface area contributed by atoms with Crippen molar-refractivity contribution in [1.29, 1.82) is 0 Å². The Morgan fingerprint density at radius 2 is 1.96 bits per heavy atom. The summed E-state index contributed by atoms with van der Waals surface area (Å²) >= 11 is 6.46. The minimum absolute atomic E-state index is 0.0889. The Morgan fingerprint density at radius 1 is 1.25 bits per heavy atom. The summed E-state index contributed by atoms with van der Waals surface area (Å²) in [4.78, 5) is 7.14. The summed E-state index contributed by atoms with van der Waals surface area (Å²) in [5, 5.41) is 7.33. The van der Waals surface area contributed by atoms with E-state index in [1.807, 2.05) is 25.1 Å². The van der Waals surface area contributed by atoms with Crippen molar-refractivity contribution < 1.29 is 8.42 Å². The lowest BCUT2D eigenvalue weighted by Crippen LogP contribution is -2.41. The zero-order chi connectivity index (χ0) is 20.6. The van der Waals surface area contributed by atoms with Gasteiger partial charge >= 0.3 is 0 Å². The van der Waals surface area contributed by atoms with Crippen LogP contribution in [0.25, 0.3) is 0 Å². The maximum atomic E-state index is 11.7. The molecule has 8 heteroatoms. The Bertz CT molecular complexity index is 750. The van der Waals surface area contributed by atoms with E-state index in [1.165, 1.54) is 0 Å². The Labute approximate surface area is 174 Å². The average molecular weight is 429 g/mol. The van der Waals surface area contributed by atoms with Gasteiger partial charge < -0.3 is 10.6 Å². The monoisotopic (exact) mass is 428 g/mol. The maximum Gasteiger partial charge on any atom is 0.191 e. The van der Waals surface area contributed by atoms with E-state index < -0.39 is 9.84 Å². The second-order valence-corrected chi connectivity index (χ2v) is 9.76. The van der Waals surface area contributed by atoms with Crippen molar-refractivity contribution in [2.45, 2.75) is 33.2 Å². The second-order valence-electron chi connectivity index (χ2n) is 7.13. The van der Waals surface area contributed by atoms with Crippen LogP contribution in [0.1, 0.15) is 38.8 Å². The highest BCUT2D eigenvalue weighted by atomic mass is 35.5. The molecule has 0 saturated carbocycles. The first kappa shape index (κ1) is 23.0. The number of rotatable bonds is 9. The first-order valence-corrected chi connectivity index (χ1v) is 12.3. The molecule has 0 spiro atoms. The average Bonchev–Trinajstić information content (AvgIpc) is 3.02. The van der Waals surface area contributed by atoms with Gasteiger partial charge in [-0.05, 0) is 44.0 Å². The summed E-state index contributed by atoms with van der Waals surface area (Å²) < 4.78 is 23.3. The number of hydrogen-bond acceptors (Lipinski definition) is 4. The van der Waals surface area contributed by atoms with E-state index in [1.54, 1.807) is 0 Å². The van der Waals surface area contributed by atoms with Crippen molar-refractivity contribution in [3.63, 3.8) is 0 Å². The Hall–Kier alpha value is -1.31. The van der Waals surface area contributed by atoms with Crippen molar-refractivity contribution in [3.05, 3.63) is 34.9 Å². The summed E-state index contributed by atoms with van der Waals surface area (Å²) in [6.07, 6.45) is 0.719. The number of nitrogens with one attached hydrogen (secondary N) is 2. The molecule has 2 N–H and O–H groups in total. The standard InChI is InChI=1S/C20H33ClN4O2S/c1-4-22-20(23-13-16-11-12-28(26,27)15-16)24-14-19(25(5-2)6-3)17-9-7-8-10-18(17)21/h7-10,16,19H,4-6,11-15H2,1-3H3,(H2,22,23,24). The van der Waals surface area contributed by atoms with Gasteiger partial charge in [0.1, 0.15) is 0 Å². The molecule has 0 radical (unpaired) electrons. The van der Waals surface area contributed by atoms with Crippen LogP contribution >= 0.6 is 11.6 Å². The molecule has 1 aliphatic heterocycles. The van der Waals surface area contributed by atoms with Crippen molar-refractivity contribution in [2.24, 2.45) is 10.9 Å². The Morgan fingerprint density at radius 3 is 2.54 bits per heavy atom. The number of guanidine groups is 1. The molecular weight excluding hydrogens is 396 g/mol. The largest absolute Gasteiger partial charge is 0.357 e. The molecular formula is C20H33ClN4O2S. The molecule has 1 heterocycles. The molecule has 1 aromatic rings. The van der Waals surface area contributed by atoms with Crippen molar-refractivity contribution >= 4 is 27.4 Å². The van der Waals surface area contributed by atoms with E-state index >= 15 is 0 Å². The number of sulfone groups is 1. The van der Waals surface area contributed by atoms with E-state index in [0.717, 1.165) is 42.6 Å². The number of aliphatic imine (C=N–C) groups is 1. The number of halogens is 1. The van der Waals surface area contributed by atoms with Gasteiger partial charge in [0.2, 0.25) is 0 Å². The van der Waals surface area contributed by atoms with Crippen LogP contribution in [0.3, 0.4) is 0 Å². The quantitative estimate of drug-likeness (QED) is 0.467. The first-order chi connectivity index (χ1) is 13.4. The summed E-state index contributed by atoms with van der Waals surface area (Å²) in [7, 11) is -2.86.